The molecule has 0 aliphatic heterocycles. The third-order valence-corrected chi connectivity index (χ3v) is 5.25. The van der Waals surface area contributed by atoms with Gasteiger partial charge in [0.25, 0.3) is 0 Å². The maximum Gasteiger partial charge on any atom is 0.192 e. The summed E-state index contributed by atoms with van der Waals surface area (Å²) >= 11 is 0. The lowest BCUT2D eigenvalue weighted by atomic mass is 9.86. The molecule has 0 radical (unpaired) electrons. The first-order chi connectivity index (χ1) is 7.04. The SMILES string of the molecule is C#CC1(O[Si](C)(C)CC=C)CCCCC1. The molecule has 0 N–H and O–H groups in total. The average Bonchev–Trinajstić information content (AvgIpc) is 2.18. The normalized spacial score (nSPS) is 20.6. The molecule has 1 rings (SSSR count). The van der Waals surface area contributed by atoms with Gasteiger partial charge in [0.05, 0.1) is 0 Å². The molecule has 15 heavy (non-hydrogen) atoms. The van der Waals surface area contributed by atoms with Crippen molar-refractivity contribution in [3.05, 3.63) is 12.7 Å². The average molecular weight is 222 g/mol. The van der Waals surface area contributed by atoms with Crippen LogP contribution >= 0.6 is 0 Å². The van der Waals surface area contributed by atoms with E-state index in [1.165, 1.54) is 19.3 Å². The molecule has 1 aliphatic carbocycles. The largest absolute Gasteiger partial charge is 0.401 e. The van der Waals surface area contributed by atoms with Gasteiger partial charge in [0.15, 0.2) is 8.32 Å². The summed E-state index contributed by atoms with van der Waals surface area (Å²) in [5.41, 5.74) is -0.253. The molecule has 1 nitrogen and oxygen atoms in total. The first-order valence-electron chi connectivity index (χ1n) is 5.82. The highest BCUT2D eigenvalue weighted by atomic mass is 28.4. The molecule has 1 fully saturated rings. The van der Waals surface area contributed by atoms with E-state index >= 15 is 0 Å². The van der Waals surface area contributed by atoms with Gasteiger partial charge < -0.3 is 4.43 Å². The van der Waals surface area contributed by atoms with Gasteiger partial charge in [-0.3, -0.25) is 0 Å². The van der Waals surface area contributed by atoms with Crippen LogP contribution in [0.4, 0.5) is 0 Å². The topological polar surface area (TPSA) is 9.23 Å². The molecule has 0 spiro atoms. The van der Waals surface area contributed by atoms with E-state index in [0.717, 1.165) is 18.9 Å². The fourth-order valence-corrected chi connectivity index (χ4v) is 4.42. The first kappa shape index (κ1) is 12.5. The lowest BCUT2D eigenvalue weighted by Crippen LogP contribution is -2.44. The molecule has 84 valence electrons. The summed E-state index contributed by atoms with van der Waals surface area (Å²) in [4.78, 5) is 0. The van der Waals surface area contributed by atoms with Crippen LogP contribution < -0.4 is 0 Å². The highest BCUT2D eigenvalue weighted by molar-refractivity contribution is 6.71. The molecular weight excluding hydrogens is 200 g/mol. The summed E-state index contributed by atoms with van der Waals surface area (Å²) in [5, 5.41) is 0. The summed E-state index contributed by atoms with van der Waals surface area (Å²) in [5.74, 6) is 2.91. The Hall–Kier alpha value is -0.523. The van der Waals surface area contributed by atoms with Crippen LogP contribution in [0.2, 0.25) is 19.1 Å². The Labute approximate surface area is 95.0 Å². The van der Waals surface area contributed by atoms with Crippen LogP contribution in [0.15, 0.2) is 12.7 Å². The Morgan fingerprint density at radius 3 is 2.47 bits per heavy atom. The Kier molecular flexibility index (Phi) is 4.18. The number of allylic oxidation sites excluding steroid dienone is 1. The summed E-state index contributed by atoms with van der Waals surface area (Å²) in [7, 11) is -1.64. The molecule has 0 amide bonds. The van der Waals surface area contributed by atoms with E-state index in [-0.39, 0.29) is 5.60 Å². The first-order valence-corrected chi connectivity index (χ1v) is 8.94. The van der Waals surface area contributed by atoms with Crippen molar-refractivity contribution in [2.75, 3.05) is 0 Å². The minimum absolute atomic E-state index is 0.253. The Balaban J connectivity index is 2.67. The predicted molar refractivity (Wildman–Crippen MR) is 68.2 cm³/mol. The van der Waals surface area contributed by atoms with Gasteiger partial charge in [0, 0.05) is 0 Å². The van der Waals surface area contributed by atoms with Crippen molar-refractivity contribution in [2.24, 2.45) is 0 Å². The number of terminal acetylenes is 1. The van der Waals surface area contributed by atoms with E-state index in [1.807, 2.05) is 6.08 Å². The van der Waals surface area contributed by atoms with Gasteiger partial charge in [-0.2, -0.15) is 0 Å². The zero-order chi connectivity index (χ0) is 11.4. The highest BCUT2D eigenvalue weighted by Crippen LogP contribution is 2.34. The summed E-state index contributed by atoms with van der Waals surface area (Å²) in [6.07, 6.45) is 13.4. The van der Waals surface area contributed by atoms with Crippen molar-refractivity contribution in [3.8, 4) is 12.3 Å². The van der Waals surface area contributed by atoms with Crippen LogP contribution in [0, 0.1) is 12.3 Å². The zero-order valence-corrected chi connectivity index (χ0v) is 11.0. The van der Waals surface area contributed by atoms with Gasteiger partial charge in [-0.15, -0.1) is 13.0 Å². The minimum atomic E-state index is -1.64. The maximum absolute atomic E-state index is 6.29. The van der Waals surface area contributed by atoms with Gasteiger partial charge in [0.2, 0.25) is 0 Å². The van der Waals surface area contributed by atoms with E-state index in [4.69, 9.17) is 10.8 Å². The molecule has 0 aromatic heterocycles. The molecule has 1 aliphatic rings. The maximum atomic E-state index is 6.29. The fourth-order valence-electron chi connectivity index (χ4n) is 2.32. The van der Waals surface area contributed by atoms with Crippen molar-refractivity contribution < 1.29 is 4.43 Å². The van der Waals surface area contributed by atoms with E-state index in [0.29, 0.717) is 0 Å². The fraction of sp³-hybridized carbons (Fsp3) is 0.692. The Morgan fingerprint density at radius 2 is 2.00 bits per heavy atom. The molecule has 2 heteroatoms. The molecule has 0 saturated heterocycles. The second kappa shape index (κ2) is 5.00. The molecule has 0 aromatic rings. The molecule has 0 heterocycles. The van der Waals surface area contributed by atoms with Crippen LogP contribution in [0.25, 0.3) is 0 Å². The van der Waals surface area contributed by atoms with Crippen LogP contribution in [-0.2, 0) is 4.43 Å². The molecule has 0 bridgehead atoms. The van der Waals surface area contributed by atoms with Crippen LogP contribution in [0.3, 0.4) is 0 Å². The lowest BCUT2D eigenvalue weighted by Gasteiger charge is -2.39. The lowest BCUT2D eigenvalue weighted by molar-refractivity contribution is 0.0787. The van der Waals surface area contributed by atoms with E-state index < -0.39 is 8.32 Å². The summed E-state index contributed by atoms with van der Waals surface area (Å²) in [6.45, 7) is 8.24. The van der Waals surface area contributed by atoms with Crippen LogP contribution in [-0.4, -0.2) is 13.9 Å². The van der Waals surface area contributed by atoms with Gasteiger partial charge in [0.1, 0.15) is 5.60 Å². The van der Waals surface area contributed by atoms with Gasteiger partial charge in [-0.1, -0.05) is 18.4 Å². The van der Waals surface area contributed by atoms with Crippen molar-refractivity contribution in [1.82, 2.24) is 0 Å². The molecule has 1 saturated carbocycles. The van der Waals surface area contributed by atoms with Crippen molar-refractivity contribution in [1.29, 1.82) is 0 Å². The number of hydrogen-bond donors (Lipinski definition) is 0. The number of hydrogen-bond acceptors (Lipinski definition) is 1. The smallest absolute Gasteiger partial charge is 0.192 e. The third kappa shape index (κ3) is 3.51. The van der Waals surface area contributed by atoms with Crippen molar-refractivity contribution >= 4 is 8.32 Å². The molecule has 0 unspecified atom stereocenters. The summed E-state index contributed by atoms with van der Waals surface area (Å²) in [6, 6.07) is 0.983. The van der Waals surface area contributed by atoms with E-state index in [1.54, 1.807) is 0 Å². The number of rotatable bonds is 4. The Bertz CT molecular complexity index is 256. The minimum Gasteiger partial charge on any atom is -0.401 e. The second-order valence-electron chi connectivity index (χ2n) is 5.05. The van der Waals surface area contributed by atoms with Gasteiger partial charge in [-0.25, -0.2) is 0 Å². The van der Waals surface area contributed by atoms with Crippen molar-refractivity contribution in [2.45, 2.75) is 56.8 Å². The van der Waals surface area contributed by atoms with Crippen LogP contribution in [0.5, 0.6) is 0 Å². The predicted octanol–water partition coefficient (Wildman–Crippen LogP) is 3.73. The van der Waals surface area contributed by atoms with Crippen molar-refractivity contribution in [3.63, 3.8) is 0 Å². The molecule has 0 atom stereocenters. The highest BCUT2D eigenvalue weighted by Gasteiger charge is 2.37. The molecular formula is C13H22OSi. The zero-order valence-electron chi connectivity index (χ0n) is 10.0. The Morgan fingerprint density at radius 1 is 1.40 bits per heavy atom. The summed E-state index contributed by atoms with van der Waals surface area (Å²) < 4.78 is 6.29. The monoisotopic (exact) mass is 222 g/mol. The van der Waals surface area contributed by atoms with Crippen LogP contribution in [0.1, 0.15) is 32.1 Å². The molecule has 0 aromatic carbocycles. The standard InChI is InChI=1S/C13H22OSi/c1-5-12-15(3,4)14-13(6-2)10-8-7-9-11-13/h2,5H,1,7-12H2,3-4H3. The second-order valence-corrected chi connectivity index (χ2v) is 9.19. The third-order valence-electron chi connectivity index (χ3n) is 3.03. The van der Waals surface area contributed by atoms with E-state index in [9.17, 15) is 0 Å². The van der Waals surface area contributed by atoms with Gasteiger partial charge >= 0.3 is 0 Å². The van der Waals surface area contributed by atoms with Gasteiger partial charge in [-0.05, 0) is 44.8 Å². The van der Waals surface area contributed by atoms with E-state index in [2.05, 4.69) is 25.6 Å². The quantitative estimate of drug-likeness (QED) is 0.400.